The van der Waals surface area contributed by atoms with Gasteiger partial charge in [0, 0.05) is 7.05 Å². The van der Waals surface area contributed by atoms with Crippen molar-refractivity contribution in [2.75, 3.05) is 7.05 Å². The van der Waals surface area contributed by atoms with E-state index in [0.29, 0.717) is 0 Å². The van der Waals surface area contributed by atoms with E-state index >= 15 is 0 Å². The molecular formula is C8H15N. The summed E-state index contributed by atoms with van der Waals surface area (Å²) in [6, 6.07) is 0. The summed E-state index contributed by atoms with van der Waals surface area (Å²) in [7, 11) is 1.85. The maximum atomic E-state index is 3.96. The van der Waals surface area contributed by atoms with Crippen LogP contribution in [0.25, 0.3) is 0 Å². The lowest BCUT2D eigenvalue weighted by atomic mass is 10.0. The van der Waals surface area contributed by atoms with Gasteiger partial charge in [0.2, 0.25) is 0 Å². The first-order valence-corrected chi connectivity index (χ1v) is 3.75. The molecule has 1 saturated carbocycles. The van der Waals surface area contributed by atoms with Crippen LogP contribution < -0.4 is 0 Å². The molecule has 0 aromatic carbocycles. The van der Waals surface area contributed by atoms with Gasteiger partial charge in [-0.3, -0.25) is 0 Å². The summed E-state index contributed by atoms with van der Waals surface area (Å²) in [5.41, 5.74) is 0. The molecule has 0 aromatic heterocycles. The molecule has 0 bridgehead atoms. The van der Waals surface area contributed by atoms with Crippen LogP contribution in [-0.2, 0) is 0 Å². The van der Waals surface area contributed by atoms with Crippen molar-refractivity contribution in [2.24, 2.45) is 16.8 Å². The van der Waals surface area contributed by atoms with E-state index in [2.05, 4.69) is 11.9 Å². The van der Waals surface area contributed by atoms with Gasteiger partial charge in [0.15, 0.2) is 0 Å². The number of hydrogen-bond acceptors (Lipinski definition) is 1. The Bertz CT molecular complexity index is 103. The summed E-state index contributed by atoms with van der Waals surface area (Å²) < 4.78 is 0. The number of rotatable bonds is 3. The highest BCUT2D eigenvalue weighted by Crippen LogP contribution is 2.37. The Morgan fingerprint density at radius 1 is 1.67 bits per heavy atom. The minimum atomic E-state index is 0.883. The molecule has 0 heterocycles. The molecule has 0 aromatic rings. The van der Waals surface area contributed by atoms with Gasteiger partial charge < -0.3 is 4.99 Å². The van der Waals surface area contributed by atoms with Gasteiger partial charge in [0.25, 0.3) is 0 Å². The second kappa shape index (κ2) is 3.00. The summed E-state index contributed by atoms with van der Waals surface area (Å²) >= 11 is 0. The van der Waals surface area contributed by atoms with E-state index in [1.807, 2.05) is 13.3 Å². The molecule has 1 nitrogen and oxygen atoms in total. The first-order chi connectivity index (χ1) is 4.34. The van der Waals surface area contributed by atoms with Crippen LogP contribution in [-0.4, -0.2) is 13.3 Å². The predicted molar refractivity (Wildman–Crippen MR) is 40.9 cm³/mol. The maximum absolute atomic E-state index is 3.96. The second-order valence-electron chi connectivity index (χ2n) is 2.99. The summed E-state index contributed by atoms with van der Waals surface area (Å²) in [6.07, 6.45) is 6.13. The topological polar surface area (TPSA) is 12.4 Å². The van der Waals surface area contributed by atoms with Gasteiger partial charge >= 0.3 is 0 Å². The van der Waals surface area contributed by atoms with Gasteiger partial charge in [-0.05, 0) is 37.3 Å². The van der Waals surface area contributed by atoms with Crippen molar-refractivity contribution >= 4 is 6.21 Å². The lowest BCUT2D eigenvalue weighted by Crippen LogP contribution is -1.96. The van der Waals surface area contributed by atoms with Crippen molar-refractivity contribution in [2.45, 2.75) is 26.2 Å². The van der Waals surface area contributed by atoms with E-state index in [1.54, 1.807) is 0 Å². The van der Waals surface area contributed by atoms with Crippen molar-refractivity contribution in [1.82, 2.24) is 0 Å². The monoisotopic (exact) mass is 125 g/mol. The molecule has 0 radical (unpaired) electrons. The summed E-state index contributed by atoms with van der Waals surface area (Å²) in [6.45, 7) is 2.32. The zero-order chi connectivity index (χ0) is 6.69. The zero-order valence-electron chi connectivity index (χ0n) is 6.30. The first kappa shape index (κ1) is 6.79. The van der Waals surface area contributed by atoms with E-state index in [-0.39, 0.29) is 0 Å². The van der Waals surface area contributed by atoms with Crippen LogP contribution >= 0.6 is 0 Å². The standard InChI is InChI=1S/C8H15N/c1-7(5-6-9-2)8-3-4-8/h6-8H,3-5H2,1-2H3. The van der Waals surface area contributed by atoms with Gasteiger partial charge in [0.05, 0.1) is 0 Å². The highest BCUT2D eigenvalue weighted by Gasteiger charge is 2.26. The average Bonchev–Trinajstić information content (AvgIpc) is 2.63. The summed E-state index contributed by atoms with van der Waals surface area (Å²) in [5.74, 6) is 1.91. The molecule has 1 rings (SSSR count). The van der Waals surface area contributed by atoms with Crippen LogP contribution in [0.15, 0.2) is 4.99 Å². The van der Waals surface area contributed by atoms with Crippen molar-refractivity contribution in [3.05, 3.63) is 0 Å². The van der Waals surface area contributed by atoms with Crippen molar-refractivity contribution in [3.8, 4) is 0 Å². The fourth-order valence-corrected chi connectivity index (χ4v) is 1.13. The predicted octanol–water partition coefficient (Wildman–Crippen LogP) is 2.12. The Morgan fingerprint density at radius 3 is 2.78 bits per heavy atom. The Labute approximate surface area is 57.2 Å². The Balaban J connectivity index is 2.10. The normalized spacial score (nSPS) is 22.9. The largest absolute Gasteiger partial charge is 0.301 e. The van der Waals surface area contributed by atoms with Crippen LogP contribution in [0, 0.1) is 11.8 Å². The molecule has 0 N–H and O–H groups in total. The van der Waals surface area contributed by atoms with Gasteiger partial charge in [0.1, 0.15) is 0 Å². The Hall–Kier alpha value is -0.330. The highest BCUT2D eigenvalue weighted by molar-refractivity contribution is 5.57. The molecule has 0 amide bonds. The number of hydrogen-bond donors (Lipinski definition) is 0. The molecule has 1 heteroatoms. The average molecular weight is 125 g/mol. The molecule has 1 atom stereocenters. The van der Waals surface area contributed by atoms with Gasteiger partial charge in [-0.2, -0.15) is 0 Å². The lowest BCUT2D eigenvalue weighted by Gasteiger charge is -2.02. The molecule has 0 saturated heterocycles. The van der Waals surface area contributed by atoms with E-state index < -0.39 is 0 Å². The molecule has 1 aliphatic rings. The highest BCUT2D eigenvalue weighted by atomic mass is 14.6. The SMILES string of the molecule is CN=CCC(C)C1CC1. The number of aliphatic imine (C=N–C) groups is 1. The molecule has 1 fully saturated rings. The van der Waals surface area contributed by atoms with E-state index in [0.717, 1.165) is 11.8 Å². The van der Waals surface area contributed by atoms with Crippen LogP contribution in [0.5, 0.6) is 0 Å². The second-order valence-corrected chi connectivity index (χ2v) is 2.99. The molecule has 9 heavy (non-hydrogen) atoms. The Kier molecular flexibility index (Phi) is 2.26. The van der Waals surface area contributed by atoms with Gasteiger partial charge in [-0.25, -0.2) is 0 Å². The zero-order valence-corrected chi connectivity index (χ0v) is 6.30. The summed E-state index contributed by atoms with van der Waals surface area (Å²) in [5, 5.41) is 0. The minimum absolute atomic E-state index is 0.883. The van der Waals surface area contributed by atoms with Crippen molar-refractivity contribution in [1.29, 1.82) is 0 Å². The summed E-state index contributed by atoms with van der Waals surface area (Å²) in [4.78, 5) is 3.96. The minimum Gasteiger partial charge on any atom is -0.301 e. The van der Waals surface area contributed by atoms with Crippen LogP contribution in [0.2, 0.25) is 0 Å². The third-order valence-corrected chi connectivity index (χ3v) is 2.09. The van der Waals surface area contributed by atoms with Crippen LogP contribution in [0.3, 0.4) is 0 Å². The molecule has 0 aliphatic heterocycles. The van der Waals surface area contributed by atoms with Crippen molar-refractivity contribution < 1.29 is 0 Å². The third-order valence-electron chi connectivity index (χ3n) is 2.09. The van der Waals surface area contributed by atoms with E-state index in [1.165, 1.54) is 19.3 Å². The van der Waals surface area contributed by atoms with Gasteiger partial charge in [-0.15, -0.1) is 0 Å². The molecule has 1 aliphatic carbocycles. The third kappa shape index (κ3) is 2.17. The molecule has 0 spiro atoms. The van der Waals surface area contributed by atoms with Crippen LogP contribution in [0.4, 0.5) is 0 Å². The maximum Gasteiger partial charge on any atom is 0.0273 e. The van der Waals surface area contributed by atoms with Crippen LogP contribution in [0.1, 0.15) is 26.2 Å². The molecular weight excluding hydrogens is 110 g/mol. The fraction of sp³-hybridized carbons (Fsp3) is 0.875. The fourth-order valence-electron chi connectivity index (χ4n) is 1.13. The quantitative estimate of drug-likeness (QED) is 0.512. The van der Waals surface area contributed by atoms with Gasteiger partial charge in [-0.1, -0.05) is 6.92 Å². The van der Waals surface area contributed by atoms with Crippen molar-refractivity contribution in [3.63, 3.8) is 0 Å². The lowest BCUT2D eigenvalue weighted by molar-refractivity contribution is 0.533. The number of nitrogens with zero attached hydrogens (tertiary/aromatic N) is 1. The molecule has 52 valence electrons. The van der Waals surface area contributed by atoms with E-state index in [4.69, 9.17) is 0 Å². The smallest absolute Gasteiger partial charge is 0.0273 e. The first-order valence-electron chi connectivity index (χ1n) is 3.75. The molecule has 1 unspecified atom stereocenters. The van der Waals surface area contributed by atoms with E-state index in [9.17, 15) is 0 Å². The Morgan fingerprint density at radius 2 is 2.33 bits per heavy atom.